The molecule has 5 nitrogen and oxygen atoms in total. The highest BCUT2D eigenvalue weighted by Crippen LogP contribution is 2.59. The van der Waals surface area contributed by atoms with Gasteiger partial charge in [-0.1, -0.05) is 36.4 Å². The van der Waals surface area contributed by atoms with E-state index in [0.717, 1.165) is 45.4 Å². The molecule has 1 spiro atoms. The van der Waals surface area contributed by atoms with E-state index in [2.05, 4.69) is 62.8 Å². The van der Waals surface area contributed by atoms with Gasteiger partial charge in [0.2, 0.25) is 5.91 Å². The van der Waals surface area contributed by atoms with Gasteiger partial charge in [0.05, 0.1) is 12.6 Å². The summed E-state index contributed by atoms with van der Waals surface area (Å²) >= 11 is 1.71. The van der Waals surface area contributed by atoms with Gasteiger partial charge in [-0.15, -0.1) is 11.3 Å². The number of carbonyl (C=O) groups is 1. The van der Waals surface area contributed by atoms with Crippen molar-refractivity contribution in [2.45, 2.75) is 31.8 Å². The van der Waals surface area contributed by atoms with Gasteiger partial charge >= 0.3 is 0 Å². The molecule has 154 valence electrons. The summed E-state index contributed by atoms with van der Waals surface area (Å²) in [5.74, 6) is 1.08. The number of thiophene rings is 1. The Kier molecular flexibility index (Phi) is 5.43. The fourth-order valence-electron chi connectivity index (χ4n) is 5.22. The van der Waals surface area contributed by atoms with Gasteiger partial charge in [-0.25, -0.2) is 5.43 Å². The van der Waals surface area contributed by atoms with Crippen LogP contribution in [0, 0.1) is 17.3 Å². The monoisotopic (exact) mass is 410 g/mol. The highest BCUT2D eigenvalue weighted by atomic mass is 32.1. The van der Waals surface area contributed by atoms with Crippen molar-refractivity contribution in [1.29, 1.82) is 0 Å². The summed E-state index contributed by atoms with van der Waals surface area (Å²) in [5.41, 5.74) is 8.46. The molecule has 6 heteroatoms. The molecule has 5 rings (SSSR count). The lowest BCUT2D eigenvalue weighted by atomic mass is 9.89. The molecule has 3 aliphatic rings. The second-order valence-electron chi connectivity index (χ2n) is 8.89. The molecular weight excluding hydrogens is 380 g/mol. The standard InChI is InChI=1S/C23H30N4OS/c28-22(24-15-19-7-4-12-29-19)20-13-23(20)8-10-27(11-9-23)16-18-14-25-26-21(18)17-5-2-1-3-6-17/h1-7,12,18,20-21,25-26H,8-11,13-16H2,(H,24,28). The average Bonchev–Trinajstić information content (AvgIpc) is 3.12. The van der Waals surface area contributed by atoms with Gasteiger partial charge in [0, 0.05) is 29.8 Å². The highest BCUT2D eigenvalue weighted by Gasteiger charge is 2.58. The number of piperidine rings is 1. The molecule has 1 aromatic heterocycles. The molecule has 3 unspecified atom stereocenters. The maximum atomic E-state index is 12.6. The van der Waals surface area contributed by atoms with Gasteiger partial charge in [-0.05, 0) is 54.8 Å². The lowest BCUT2D eigenvalue weighted by molar-refractivity contribution is -0.123. The van der Waals surface area contributed by atoms with Crippen molar-refractivity contribution >= 4 is 17.2 Å². The van der Waals surface area contributed by atoms with Crippen LogP contribution >= 0.6 is 11.3 Å². The first-order valence-corrected chi connectivity index (χ1v) is 11.7. The van der Waals surface area contributed by atoms with Gasteiger partial charge in [0.15, 0.2) is 0 Å². The summed E-state index contributed by atoms with van der Waals surface area (Å²) in [6.07, 6.45) is 3.40. The van der Waals surface area contributed by atoms with Crippen molar-refractivity contribution in [3.8, 4) is 0 Å². The number of carbonyl (C=O) groups excluding carboxylic acids is 1. The van der Waals surface area contributed by atoms with Crippen LogP contribution < -0.4 is 16.2 Å². The van der Waals surface area contributed by atoms with E-state index in [4.69, 9.17) is 0 Å². The molecule has 3 heterocycles. The van der Waals surface area contributed by atoms with E-state index >= 15 is 0 Å². The number of likely N-dealkylation sites (tertiary alicyclic amines) is 1. The second kappa shape index (κ2) is 8.19. The average molecular weight is 411 g/mol. The third-order valence-corrected chi connectivity index (χ3v) is 8.00. The Labute approximate surface area is 176 Å². The summed E-state index contributed by atoms with van der Waals surface area (Å²) in [4.78, 5) is 16.4. The van der Waals surface area contributed by atoms with E-state index < -0.39 is 0 Å². The van der Waals surface area contributed by atoms with E-state index in [1.165, 1.54) is 10.4 Å². The van der Waals surface area contributed by atoms with Crippen LogP contribution in [0.1, 0.15) is 35.7 Å². The number of hydrogen-bond donors (Lipinski definition) is 3. The predicted octanol–water partition coefficient (Wildman–Crippen LogP) is 2.93. The number of benzene rings is 1. The number of hydrogen-bond acceptors (Lipinski definition) is 5. The number of nitrogens with zero attached hydrogens (tertiary/aromatic N) is 1. The molecule has 1 aliphatic carbocycles. The van der Waals surface area contributed by atoms with E-state index in [0.29, 0.717) is 18.5 Å². The third-order valence-electron chi connectivity index (χ3n) is 7.12. The molecule has 2 aliphatic heterocycles. The van der Waals surface area contributed by atoms with Gasteiger partial charge in [-0.3, -0.25) is 10.2 Å². The van der Waals surface area contributed by atoms with E-state index in [-0.39, 0.29) is 17.2 Å². The van der Waals surface area contributed by atoms with Crippen molar-refractivity contribution in [2.24, 2.45) is 17.3 Å². The molecule has 3 N–H and O–H groups in total. The third kappa shape index (κ3) is 4.12. The fourth-order valence-corrected chi connectivity index (χ4v) is 5.86. The molecule has 0 bridgehead atoms. The Morgan fingerprint density at radius 1 is 1.17 bits per heavy atom. The van der Waals surface area contributed by atoms with Crippen molar-refractivity contribution in [1.82, 2.24) is 21.1 Å². The summed E-state index contributed by atoms with van der Waals surface area (Å²) in [5, 5.41) is 5.22. The van der Waals surface area contributed by atoms with Crippen molar-refractivity contribution in [3.63, 3.8) is 0 Å². The summed E-state index contributed by atoms with van der Waals surface area (Å²) < 4.78 is 0. The Bertz CT molecular complexity index is 817. The smallest absolute Gasteiger partial charge is 0.223 e. The van der Waals surface area contributed by atoms with Crippen LogP contribution in [0.4, 0.5) is 0 Å². The molecule has 3 fully saturated rings. The Morgan fingerprint density at radius 3 is 2.76 bits per heavy atom. The molecule has 0 radical (unpaired) electrons. The second-order valence-corrected chi connectivity index (χ2v) is 9.92. The fraction of sp³-hybridized carbons (Fsp3) is 0.522. The molecular formula is C23H30N4OS. The van der Waals surface area contributed by atoms with Gasteiger partial charge in [0.1, 0.15) is 0 Å². The maximum Gasteiger partial charge on any atom is 0.223 e. The quantitative estimate of drug-likeness (QED) is 0.685. The zero-order valence-corrected chi connectivity index (χ0v) is 17.6. The summed E-state index contributed by atoms with van der Waals surface area (Å²) in [6, 6.07) is 15.2. The lowest BCUT2D eigenvalue weighted by Crippen LogP contribution is -2.40. The summed E-state index contributed by atoms with van der Waals surface area (Å²) in [7, 11) is 0. The van der Waals surface area contributed by atoms with E-state index in [9.17, 15) is 4.79 Å². The minimum absolute atomic E-state index is 0.233. The lowest BCUT2D eigenvalue weighted by Gasteiger charge is -2.35. The zero-order chi connectivity index (χ0) is 19.7. The van der Waals surface area contributed by atoms with Gasteiger partial charge in [0.25, 0.3) is 0 Å². The van der Waals surface area contributed by atoms with Crippen LogP contribution in [-0.2, 0) is 11.3 Å². The minimum atomic E-state index is 0.233. The first kappa shape index (κ1) is 19.2. The van der Waals surface area contributed by atoms with Crippen molar-refractivity contribution in [2.75, 3.05) is 26.2 Å². The molecule has 1 aromatic carbocycles. The van der Waals surface area contributed by atoms with Crippen LogP contribution in [0.5, 0.6) is 0 Å². The summed E-state index contributed by atoms with van der Waals surface area (Å²) in [6.45, 7) is 5.04. The van der Waals surface area contributed by atoms with E-state index in [1.807, 2.05) is 6.07 Å². The van der Waals surface area contributed by atoms with Crippen molar-refractivity contribution < 1.29 is 4.79 Å². The van der Waals surface area contributed by atoms with Crippen LogP contribution in [-0.4, -0.2) is 37.0 Å². The Balaban J connectivity index is 1.10. The maximum absolute atomic E-state index is 12.6. The number of amides is 1. The van der Waals surface area contributed by atoms with Gasteiger partial charge in [-0.2, -0.15) is 0 Å². The first-order valence-electron chi connectivity index (χ1n) is 10.8. The van der Waals surface area contributed by atoms with Crippen LogP contribution in [0.3, 0.4) is 0 Å². The largest absolute Gasteiger partial charge is 0.351 e. The Hall–Kier alpha value is -1.73. The normalized spacial score (nSPS) is 28.5. The van der Waals surface area contributed by atoms with E-state index in [1.54, 1.807) is 11.3 Å². The Morgan fingerprint density at radius 2 is 2.00 bits per heavy atom. The first-order chi connectivity index (χ1) is 14.2. The molecule has 2 saturated heterocycles. The molecule has 29 heavy (non-hydrogen) atoms. The molecule has 1 amide bonds. The topological polar surface area (TPSA) is 56.4 Å². The van der Waals surface area contributed by atoms with Gasteiger partial charge < -0.3 is 10.2 Å². The SMILES string of the molecule is O=C(NCc1cccs1)C1CC12CCN(CC1CNNC1c1ccccc1)CC2. The molecule has 2 aromatic rings. The van der Waals surface area contributed by atoms with Crippen molar-refractivity contribution in [3.05, 3.63) is 58.3 Å². The highest BCUT2D eigenvalue weighted by molar-refractivity contribution is 7.09. The van der Waals surface area contributed by atoms with Crippen LogP contribution in [0.2, 0.25) is 0 Å². The zero-order valence-electron chi connectivity index (χ0n) is 16.8. The van der Waals surface area contributed by atoms with Crippen LogP contribution in [0.25, 0.3) is 0 Å². The predicted molar refractivity (Wildman–Crippen MR) is 116 cm³/mol. The number of nitrogens with one attached hydrogen (secondary N) is 3. The molecule has 1 saturated carbocycles. The number of rotatable bonds is 6. The minimum Gasteiger partial charge on any atom is -0.351 e. The number of hydrazine groups is 1. The molecule has 3 atom stereocenters. The van der Waals surface area contributed by atoms with Crippen LogP contribution in [0.15, 0.2) is 47.8 Å².